The minimum atomic E-state index is -0.215. The SMILES string of the molecule is Cc1cc(N)nc(SCC(=O)Nc2ccc(Cl)cc2Cl)n1. The Kier molecular flexibility index (Phi) is 5.27. The molecule has 1 heterocycles. The molecule has 0 spiro atoms. The van der Waals surface area contributed by atoms with Crippen LogP contribution < -0.4 is 11.1 Å². The third-order valence-corrected chi connectivity index (χ3v) is 3.79. The average Bonchev–Trinajstić information content (AvgIpc) is 2.39. The highest BCUT2D eigenvalue weighted by Crippen LogP contribution is 2.25. The van der Waals surface area contributed by atoms with E-state index in [9.17, 15) is 4.79 Å². The fraction of sp³-hybridized carbons (Fsp3) is 0.154. The summed E-state index contributed by atoms with van der Waals surface area (Å²) in [5, 5.41) is 4.06. The Balaban J connectivity index is 1.95. The van der Waals surface area contributed by atoms with Crippen molar-refractivity contribution < 1.29 is 4.79 Å². The van der Waals surface area contributed by atoms with Gasteiger partial charge in [-0.2, -0.15) is 0 Å². The molecule has 0 aliphatic heterocycles. The highest BCUT2D eigenvalue weighted by molar-refractivity contribution is 7.99. The van der Waals surface area contributed by atoms with Crippen LogP contribution in [0.5, 0.6) is 0 Å². The number of hydrogen-bond acceptors (Lipinski definition) is 5. The van der Waals surface area contributed by atoms with Gasteiger partial charge >= 0.3 is 0 Å². The average molecular weight is 343 g/mol. The Morgan fingerprint density at radius 1 is 1.33 bits per heavy atom. The van der Waals surface area contributed by atoms with Gasteiger partial charge in [-0.25, -0.2) is 9.97 Å². The summed E-state index contributed by atoms with van der Waals surface area (Å²) in [6, 6.07) is 6.53. The zero-order valence-electron chi connectivity index (χ0n) is 11.1. The predicted molar refractivity (Wildman–Crippen MR) is 87.0 cm³/mol. The quantitative estimate of drug-likeness (QED) is 0.657. The highest BCUT2D eigenvalue weighted by atomic mass is 35.5. The van der Waals surface area contributed by atoms with E-state index in [4.69, 9.17) is 28.9 Å². The number of rotatable bonds is 4. The molecular formula is C13H12Cl2N4OS. The summed E-state index contributed by atoms with van der Waals surface area (Å²) in [4.78, 5) is 20.1. The minimum absolute atomic E-state index is 0.155. The molecule has 0 unspecified atom stereocenters. The van der Waals surface area contributed by atoms with Crippen molar-refractivity contribution >= 4 is 52.4 Å². The molecule has 21 heavy (non-hydrogen) atoms. The van der Waals surface area contributed by atoms with Gasteiger partial charge in [0.25, 0.3) is 0 Å². The Bertz CT molecular complexity index is 661. The molecular weight excluding hydrogens is 331 g/mol. The third-order valence-electron chi connectivity index (χ3n) is 2.39. The van der Waals surface area contributed by atoms with Gasteiger partial charge in [0, 0.05) is 16.8 Å². The molecule has 0 bridgehead atoms. The first-order valence-corrected chi connectivity index (χ1v) is 7.67. The van der Waals surface area contributed by atoms with Crippen molar-refractivity contribution in [2.75, 3.05) is 16.8 Å². The van der Waals surface area contributed by atoms with Crippen LogP contribution >= 0.6 is 35.0 Å². The lowest BCUT2D eigenvalue weighted by Crippen LogP contribution is -2.14. The van der Waals surface area contributed by atoms with Crippen LogP contribution in [-0.2, 0) is 4.79 Å². The number of aromatic nitrogens is 2. The number of aryl methyl sites for hydroxylation is 1. The molecule has 5 nitrogen and oxygen atoms in total. The normalized spacial score (nSPS) is 10.4. The number of hydrogen-bond donors (Lipinski definition) is 2. The van der Waals surface area contributed by atoms with E-state index in [0.717, 1.165) is 5.69 Å². The van der Waals surface area contributed by atoms with Crippen molar-refractivity contribution in [1.82, 2.24) is 9.97 Å². The molecule has 0 radical (unpaired) electrons. The zero-order valence-corrected chi connectivity index (χ0v) is 13.4. The zero-order chi connectivity index (χ0) is 15.4. The van der Waals surface area contributed by atoms with Crippen molar-refractivity contribution in [3.05, 3.63) is 40.0 Å². The topological polar surface area (TPSA) is 80.9 Å². The van der Waals surface area contributed by atoms with Crippen molar-refractivity contribution in [2.24, 2.45) is 0 Å². The first-order valence-electron chi connectivity index (χ1n) is 5.93. The summed E-state index contributed by atoms with van der Waals surface area (Å²) in [5.74, 6) is 0.320. The van der Waals surface area contributed by atoms with E-state index in [-0.39, 0.29) is 11.7 Å². The van der Waals surface area contributed by atoms with E-state index >= 15 is 0 Å². The maximum Gasteiger partial charge on any atom is 0.234 e. The van der Waals surface area contributed by atoms with Gasteiger partial charge in [0.1, 0.15) is 5.82 Å². The lowest BCUT2D eigenvalue weighted by atomic mass is 10.3. The van der Waals surface area contributed by atoms with Crippen LogP contribution in [0.1, 0.15) is 5.69 Å². The number of thioether (sulfide) groups is 1. The van der Waals surface area contributed by atoms with Crippen LogP contribution in [0.15, 0.2) is 29.4 Å². The molecule has 2 rings (SSSR count). The van der Waals surface area contributed by atoms with Crippen molar-refractivity contribution in [2.45, 2.75) is 12.1 Å². The second-order valence-electron chi connectivity index (χ2n) is 4.18. The fourth-order valence-electron chi connectivity index (χ4n) is 1.54. The van der Waals surface area contributed by atoms with E-state index in [1.165, 1.54) is 11.8 Å². The smallest absolute Gasteiger partial charge is 0.234 e. The molecule has 0 atom stereocenters. The minimum Gasteiger partial charge on any atom is -0.384 e. The van der Waals surface area contributed by atoms with Gasteiger partial charge in [0.05, 0.1) is 16.5 Å². The summed E-state index contributed by atoms with van der Waals surface area (Å²) in [6.45, 7) is 1.82. The number of nitrogens with zero attached hydrogens (tertiary/aromatic N) is 2. The van der Waals surface area contributed by atoms with Crippen LogP contribution in [0, 0.1) is 6.92 Å². The molecule has 1 aromatic heterocycles. The van der Waals surface area contributed by atoms with Crippen molar-refractivity contribution in [3.8, 4) is 0 Å². The maximum atomic E-state index is 11.9. The lowest BCUT2D eigenvalue weighted by molar-refractivity contribution is -0.113. The number of halogens is 2. The van der Waals surface area contributed by atoms with Crippen LogP contribution in [0.4, 0.5) is 11.5 Å². The monoisotopic (exact) mass is 342 g/mol. The largest absolute Gasteiger partial charge is 0.384 e. The first kappa shape index (κ1) is 15.9. The number of nitrogens with one attached hydrogen (secondary N) is 1. The van der Waals surface area contributed by atoms with Gasteiger partial charge in [-0.15, -0.1) is 0 Å². The fourth-order valence-corrected chi connectivity index (χ4v) is 2.70. The van der Waals surface area contributed by atoms with Crippen LogP contribution in [-0.4, -0.2) is 21.6 Å². The number of anilines is 2. The van der Waals surface area contributed by atoms with Gasteiger partial charge in [0.2, 0.25) is 5.91 Å². The molecule has 0 aliphatic carbocycles. The molecule has 2 aromatic rings. The van der Waals surface area contributed by atoms with Crippen molar-refractivity contribution in [3.63, 3.8) is 0 Å². The van der Waals surface area contributed by atoms with Crippen molar-refractivity contribution in [1.29, 1.82) is 0 Å². The maximum absolute atomic E-state index is 11.9. The molecule has 3 N–H and O–H groups in total. The predicted octanol–water partition coefficient (Wildman–Crippen LogP) is 3.40. The molecule has 0 fully saturated rings. The standard InChI is InChI=1S/C13H12Cl2N4OS/c1-7-4-11(16)19-13(17-7)21-6-12(20)18-10-3-2-8(14)5-9(10)15/h2-5H,6H2,1H3,(H,18,20)(H2,16,17,19). The number of benzene rings is 1. The van der Waals surface area contributed by atoms with Crippen LogP contribution in [0.2, 0.25) is 10.0 Å². The van der Waals surface area contributed by atoms with Gasteiger partial charge in [-0.05, 0) is 25.1 Å². The van der Waals surface area contributed by atoms with Crippen LogP contribution in [0.3, 0.4) is 0 Å². The molecule has 0 aliphatic rings. The van der Waals surface area contributed by atoms with Crippen LogP contribution in [0.25, 0.3) is 0 Å². The Labute approximate surface area is 136 Å². The highest BCUT2D eigenvalue weighted by Gasteiger charge is 2.09. The Hall–Kier alpha value is -1.50. The second kappa shape index (κ2) is 6.98. The van der Waals surface area contributed by atoms with E-state index < -0.39 is 0 Å². The summed E-state index contributed by atoms with van der Waals surface area (Å²) >= 11 is 13.0. The summed E-state index contributed by atoms with van der Waals surface area (Å²) in [7, 11) is 0. The number of nitrogens with two attached hydrogens (primary N) is 1. The summed E-state index contributed by atoms with van der Waals surface area (Å²) < 4.78 is 0. The molecule has 110 valence electrons. The summed E-state index contributed by atoms with van der Waals surface area (Å²) in [6.07, 6.45) is 0. The number of carbonyl (C=O) groups is 1. The second-order valence-corrected chi connectivity index (χ2v) is 5.96. The van der Waals surface area contributed by atoms with E-state index in [1.54, 1.807) is 24.3 Å². The number of nitrogen functional groups attached to an aromatic ring is 1. The Morgan fingerprint density at radius 3 is 2.76 bits per heavy atom. The third kappa shape index (κ3) is 4.77. The number of amides is 1. The van der Waals surface area contributed by atoms with Gasteiger partial charge in [0.15, 0.2) is 5.16 Å². The van der Waals surface area contributed by atoms with E-state index in [0.29, 0.717) is 26.7 Å². The first-order chi connectivity index (χ1) is 9.94. The van der Waals surface area contributed by atoms with Gasteiger partial charge < -0.3 is 11.1 Å². The lowest BCUT2D eigenvalue weighted by Gasteiger charge is -2.07. The number of carbonyl (C=O) groups excluding carboxylic acids is 1. The van der Waals surface area contributed by atoms with E-state index in [2.05, 4.69) is 15.3 Å². The molecule has 0 saturated carbocycles. The van der Waals surface area contributed by atoms with Gasteiger partial charge in [-0.3, -0.25) is 4.79 Å². The van der Waals surface area contributed by atoms with Gasteiger partial charge in [-0.1, -0.05) is 35.0 Å². The molecule has 1 aromatic carbocycles. The molecule has 0 saturated heterocycles. The summed E-state index contributed by atoms with van der Waals surface area (Å²) in [5.41, 5.74) is 6.89. The molecule has 1 amide bonds. The molecule has 8 heteroatoms. The Morgan fingerprint density at radius 2 is 2.10 bits per heavy atom. The van der Waals surface area contributed by atoms with E-state index in [1.807, 2.05) is 6.92 Å².